The van der Waals surface area contributed by atoms with Crippen LogP contribution < -0.4 is 9.46 Å². The van der Waals surface area contributed by atoms with Gasteiger partial charge in [-0.05, 0) is 30.9 Å². The van der Waals surface area contributed by atoms with Crippen molar-refractivity contribution >= 4 is 15.7 Å². The molecule has 0 radical (unpaired) electrons. The normalized spacial score (nSPS) is 15.8. The van der Waals surface area contributed by atoms with Crippen LogP contribution in [0.4, 0.5) is 5.69 Å². The van der Waals surface area contributed by atoms with Gasteiger partial charge < -0.3 is 9.47 Å². The molecule has 0 saturated carbocycles. The zero-order valence-electron chi connectivity index (χ0n) is 14.0. The molecule has 0 spiro atoms. The van der Waals surface area contributed by atoms with Crippen LogP contribution in [0.5, 0.6) is 5.75 Å². The van der Waals surface area contributed by atoms with E-state index in [1.165, 1.54) is 6.20 Å². The van der Waals surface area contributed by atoms with E-state index in [1.54, 1.807) is 23.0 Å². The van der Waals surface area contributed by atoms with E-state index in [0.29, 0.717) is 17.4 Å². The van der Waals surface area contributed by atoms with Crippen LogP contribution in [0, 0.1) is 5.92 Å². The Morgan fingerprint density at radius 3 is 2.76 bits per heavy atom. The second kappa shape index (κ2) is 8.35. The molecule has 1 aliphatic rings. The van der Waals surface area contributed by atoms with Crippen molar-refractivity contribution in [2.45, 2.75) is 19.4 Å². The van der Waals surface area contributed by atoms with Gasteiger partial charge in [-0.3, -0.25) is 9.40 Å². The third kappa shape index (κ3) is 5.75. The average Bonchev–Trinajstić information content (AvgIpc) is 3.02. The summed E-state index contributed by atoms with van der Waals surface area (Å²) in [6.45, 7) is 2.44. The molecule has 2 heterocycles. The molecule has 1 aromatic carbocycles. The Labute approximate surface area is 148 Å². The van der Waals surface area contributed by atoms with Crippen molar-refractivity contribution in [2.75, 3.05) is 30.3 Å². The smallest absolute Gasteiger partial charge is 0.236 e. The van der Waals surface area contributed by atoms with Crippen molar-refractivity contribution in [1.82, 2.24) is 9.78 Å². The molecule has 25 heavy (non-hydrogen) atoms. The molecule has 0 atom stereocenters. The lowest BCUT2D eigenvalue weighted by atomic mass is 10.0. The SMILES string of the molecule is O=S(=O)(CCOc1ccccc1)Nc1cnn(CC2CCOCC2)c1. The van der Waals surface area contributed by atoms with Gasteiger partial charge in [-0.1, -0.05) is 18.2 Å². The molecule has 1 fully saturated rings. The standard InChI is InChI=1S/C17H23N3O4S/c21-25(22,11-10-24-17-4-2-1-3-5-17)19-16-12-18-20(14-16)13-15-6-8-23-9-7-15/h1-5,12,14-15,19H,6-11,13H2. The topological polar surface area (TPSA) is 82.5 Å². The number of nitrogens with zero attached hydrogens (tertiary/aromatic N) is 2. The molecular formula is C17H23N3O4S. The maximum Gasteiger partial charge on any atom is 0.236 e. The largest absolute Gasteiger partial charge is 0.492 e. The van der Waals surface area contributed by atoms with Crippen LogP contribution in [0.3, 0.4) is 0 Å². The molecule has 136 valence electrons. The molecule has 0 unspecified atom stereocenters. The predicted molar refractivity (Wildman–Crippen MR) is 95.1 cm³/mol. The molecule has 1 aliphatic heterocycles. The number of benzene rings is 1. The lowest BCUT2D eigenvalue weighted by Gasteiger charge is -2.21. The summed E-state index contributed by atoms with van der Waals surface area (Å²) < 4.78 is 39.4. The third-order valence-electron chi connectivity index (χ3n) is 4.06. The van der Waals surface area contributed by atoms with Gasteiger partial charge in [0.2, 0.25) is 10.0 Å². The summed E-state index contributed by atoms with van der Waals surface area (Å²) in [5.41, 5.74) is 0.478. The Hall–Kier alpha value is -2.06. The number of nitrogens with one attached hydrogen (secondary N) is 1. The number of hydrogen-bond acceptors (Lipinski definition) is 5. The van der Waals surface area contributed by atoms with Crippen molar-refractivity contribution in [3.8, 4) is 5.75 Å². The van der Waals surface area contributed by atoms with Crippen LogP contribution in [-0.4, -0.2) is 43.8 Å². The molecule has 8 heteroatoms. The number of aromatic nitrogens is 2. The van der Waals surface area contributed by atoms with Gasteiger partial charge >= 0.3 is 0 Å². The second-order valence-corrected chi connectivity index (χ2v) is 7.93. The number of anilines is 1. The highest BCUT2D eigenvalue weighted by molar-refractivity contribution is 7.92. The van der Waals surface area contributed by atoms with E-state index in [1.807, 2.05) is 18.2 Å². The van der Waals surface area contributed by atoms with Crippen LogP contribution in [-0.2, 0) is 21.3 Å². The van der Waals surface area contributed by atoms with Crippen LogP contribution in [0.2, 0.25) is 0 Å². The van der Waals surface area contributed by atoms with E-state index in [9.17, 15) is 8.42 Å². The molecule has 1 aromatic heterocycles. The number of ether oxygens (including phenoxy) is 2. The van der Waals surface area contributed by atoms with Crippen molar-refractivity contribution in [3.63, 3.8) is 0 Å². The molecular weight excluding hydrogens is 342 g/mol. The fourth-order valence-corrected chi connectivity index (χ4v) is 3.60. The lowest BCUT2D eigenvalue weighted by Crippen LogP contribution is -2.21. The van der Waals surface area contributed by atoms with Gasteiger partial charge in [0.25, 0.3) is 0 Å². The van der Waals surface area contributed by atoms with Gasteiger partial charge in [-0.25, -0.2) is 8.42 Å². The summed E-state index contributed by atoms with van der Waals surface area (Å²) in [7, 11) is -3.47. The molecule has 1 saturated heterocycles. The Morgan fingerprint density at radius 1 is 1.24 bits per heavy atom. The maximum absolute atomic E-state index is 12.1. The number of hydrogen-bond donors (Lipinski definition) is 1. The minimum atomic E-state index is -3.47. The first-order valence-electron chi connectivity index (χ1n) is 8.39. The number of rotatable bonds is 8. The number of para-hydroxylation sites is 1. The van der Waals surface area contributed by atoms with Crippen LogP contribution >= 0.6 is 0 Å². The van der Waals surface area contributed by atoms with Gasteiger partial charge in [0.15, 0.2) is 0 Å². The molecule has 2 aromatic rings. The van der Waals surface area contributed by atoms with Gasteiger partial charge in [0, 0.05) is 26.0 Å². The molecule has 3 rings (SSSR count). The number of sulfonamides is 1. The van der Waals surface area contributed by atoms with Gasteiger partial charge in [0.05, 0.1) is 11.9 Å². The zero-order valence-corrected chi connectivity index (χ0v) is 14.8. The van der Waals surface area contributed by atoms with Crippen molar-refractivity contribution < 1.29 is 17.9 Å². The average molecular weight is 365 g/mol. The van der Waals surface area contributed by atoms with Crippen molar-refractivity contribution in [2.24, 2.45) is 5.92 Å². The second-order valence-electron chi connectivity index (χ2n) is 6.09. The van der Waals surface area contributed by atoms with Gasteiger partial charge in [-0.2, -0.15) is 5.10 Å². The fraction of sp³-hybridized carbons (Fsp3) is 0.471. The maximum atomic E-state index is 12.1. The first-order chi connectivity index (χ1) is 12.1. The molecule has 1 N–H and O–H groups in total. The van der Waals surface area contributed by atoms with Crippen LogP contribution in [0.1, 0.15) is 12.8 Å². The van der Waals surface area contributed by atoms with Crippen LogP contribution in [0.15, 0.2) is 42.7 Å². The Balaban J connectivity index is 1.47. The van der Waals surface area contributed by atoms with Gasteiger partial charge in [-0.15, -0.1) is 0 Å². The minimum Gasteiger partial charge on any atom is -0.492 e. The summed E-state index contributed by atoms with van der Waals surface area (Å²) in [6, 6.07) is 9.15. The minimum absolute atomic E-state index is 0.0928. The Kier molecular flexibility index (Phi) is 5.93. The highest BCUT2D eigenvalue weighted by Crippen LogP contribution is 2.18. The fourth-order valence-electron chi connectivity index (χ4n) is 2.73. The highest BCUT2D eigenvalue weighted by atomic mass is 32.2. The first kappa shape index (κ1) is 17.8. The Morgan fingerprint density at radius 2 is 2.00 bits per heavy atom. The zero-order chi connectivity index (χ0) is 17.5. The van der Waals surface area contributed by atoms with E-state index < -0.39 is 10.0 Å². The predicted octanol–water partition coefficient (Wildman–Crippen LogP) is 2.13. The summed E-state index contributed by atoms with van der Waals surface area (Å²) in [5, 5.41) is 4.24. The highest BCUT2D eigenvalue weighted by Gasteiger charge is 2.16. The quantitative estimate of drug-likeness (QED) is 0.775. The van der Waals surface area contributed by atoms with Gasteiger partial charge in [0.1, 0.15) is 18.1 Å². The van der Waals surface area contributed by atoms with E-state index >= 15 is 0 Å². The summed E-state index contributed by atoms with van der Waals surface area (Å²) >= 11 is 0. The third-order valence-corrected chi connectivity index (χ3v) is 5.31. The summed E-state index contributed by atoms with van der Waals surface area (Å²) in [6.07, 6.45) is 5.29. The molecule has 0 aliphatic carbocycles. The summed E-state index contributed by atoms with van der Waals surface area (Å²) in [5.74, 6) is 1.06. The van der Waals surface area contributed by atoms with Crippen LogP contribution in [0.25, 0.3) is 0 Å². The molecule has 0 amide bonds. The van der Waals surface area contributed by atoms with E-state index in [4.69, 9.17) is 9.47 Å². The first-order valence-corrected chi connectivity index (χ1v) is 10.0. The lowest BCUT2D eigenvalue weighted by molar-refractivity contribution is 0.0601. The Bertz CT molecular complexity index is 755. The molecule has 0 bridgehead atoms. The molecule has 7 nitrogen and oxygen atoms in total. The monoisotopic (exact) mass is 365 g/mol. The van der Waals surface area contributed by atoms with E-state index in [0.717, 1.165) is 32.6 Å². The summed E-state index contributed by atoms with van der Waals surface area (Å²) in [4.78, 5) is 0. The van der Waals surface area contributed by atoms with E-state index in [2.05, 4.69) is 9.82 Å². The van der Waals surface area contributed by atoms with E-state index in [-0.39, 0.29) is 12.4 Å². The van der Waals surface area contributed by atoms with Crippen molar-refractivity contribution in [3.05, 3.63) is 42.7 Å². The van der Waals surface area contributed by atoms with Crippen molar-refractivity contribution in [1.29, 1.82) is 0 Å².